The summed E-state index contributed by atoms with van der Waals surface area (Å²) in [5.41, 5.74) is 5.66. The highest BCUT2D eigenvalue weighted by Crippen LogP contribution is 2.23. The molecule has 0 saturated carbocycles. The van der Waals surface area contributed by atoms with Crippen molar-refractivity contribution in [2.45, 2.75) is 20.8 Å². The lowest BCUT2D eigenvalue weighted by Crippen LogP contribution is -2.25. The summed E-state index contributed by atoms with van der Waals surface area (Å²) in [5.74, 6) is 1.33. The minimum absolute atomic E-state index is 0.348. The van der Waals surface area contributed by atoms with E-state index >= 15 is 0 Å². The molecule has 9 heteroatoms. The number of hydrazone groups is 1. The highest BCUT2D eigenvalue weighted by atomic mass is 79.9. The fourth-order valence-electron chi connectivity index (χ4n) is 2.63. The summed E-state index contributed by atoms with van der Waals surface area (Å²) >= 11 is 9.66. The van der Waals surface area contributed by atoms with E-state index in [1.165, 1.54) is 0 Å². The molecule has 0 spiro atoms. The molecular formula is C21H23BrClN7. The predicted octanol–water partition coefficient (Wildman–Crippen LogP) is 5.63. The van der Waals surface area contributed by atoms with Crippen LogP contribution in [0.5, 0.6) is 0 Å². The van der Waals surface area contributed by atoms with E-state index in [2.05, 4.69) is 60.6 Å². The Labute approximate surface area is 189 Å². The highest BCUT2D eigenvalue weighted by Gasteiger charge is 2.11. The van der Waals surface area contributed by atoms with Crippen molar-refractivity contribution in [1.29, 1.82) is 0 Å². The molecule has 0 unspecified atom stereocenters. The van der Waals surface area contributed by atoms with E-state index in [1.54, 1.807) is 6.21 Å². The second-order valence-corrected chi connectivity index (χ2v) is 7.79. The van der Waals surface area contributed by atoms with Crippen molar-refractivity contribution in [2.24, 2.45) is 5.10 Å². The van der Waals surface area contributed by atoms with Crippen molar-refractivity contribution in [3.8, 4) is 0 Å². The second kappa shape index (κ2) is 10.4. The SMILES string of the molecule is CCN(CC)c1nc(NN=Cc2ccc(Br)cc2)nc(Nc2ccc(C)c(Cl)c2)n1. The van der Waals surface area contributed by atoms with Gasteiger partial charge in [-0.2, -0.15) is 20.1 Å². The number of hydrogen-bond donors (Lipinski definition) is 2. The minimum atomic E-state index is 0.348. The average Bonchev–Trinajstić information content (AvgIpc) is 2.73. The van der Waals surface area contributed by atoms with Crippen LogP contribution in [0.15, 0.2) is 52.0 Å². The van der Waals surface area contributed by atoms with E-state index < -0.39 is 0 Å². The van der Waals surface area contributed by atoms with Crippen molar-refractivity contribution in [3.05, 3.63) is 63.1 Å². The van der Waals surface area contributed by atoms with Crippen molar-refractivity contribution in [2.75, 3.05) is 28.7 Å². The largest absolute Gasteiger partial charge is 0.341 e. The zero-order chi connectivity index (χ0) is 21.5. The maximum Gasteiger partial charge on any atom is 0.250 e. The third kappa shape index (κ3) is 5.90. The third-order valence-electron chi connectivity index (χ3n) is 4.35. The summed E-state index contributed by atoms with van der Waals surface area (Å²) in [6.45, 7) is 7.62. The normalized spacial score (nSPS) is 11.0. The molecule has 30 heavy (non-hydrogen) atoms. The molecule has 3 rings (SSSR count). The molecule has 1 heterocycles. The Hall–Kier alpha value is -2.71. The van der Waals surface area contributed by atoms with Gasteiger partial charge in [-0.1, -0.05) is 45.7 Å². The number of nitrogens with zero attached hydrogens (tertiary/aromatic N) is 5. The van der Waals surface area contributed by atoms with Crippen LogP contribution in [0.1, 0.15) is 25.0 Å². The van der Waals surface area contributed by atoms with Gasteiger partial charge in [0.05, 0.1) is 6.21 Å². The van der Waals surface area contributed by atoms with Gasteiger partial charge in [-0.3, -0.25) is 0 Å². The van der Waals surface area contributed by atoms with E-state index in [1.807, 2.05) is 54.3 Å². The lowest BCUT2D eigenvalue weighted by atomic mass is 10.2. The average molecular weight is 489 g/mol. The van der Waals surface area contributed by atoms with Crippen LogP contribution in [0.25, 0.3) is 0 Å². The van der Waals surface area contributed by atoms with Crippen LogP contribution in [-0.4, -0.2) is 34.3 Å². The zero-order valence-corrected chi connectivity index (χ0v) is 19.4. The molecule has 1 aromatic heterocycles. The number of aryl methyl sites for hydroxylation is 1. The smallest absolute Gasteiger partial charge is 0.250 e. The molecule has 0 bridgehead atoms. The van der Waals surface area contributed by atoms with Crippen LogP contribution in [-0.2, 0) is 0 Å². The van der Waals surface area contributed by atoms with Crippen LogP contribution in [0, 0.1) is 6.92 Å². The minimum Gasteiger partial charge on any atom is -0.341 e. The maximum atomic E-state index is 6.24. The van der Waals surface area contributed by atoms with E-state index in [0.29, 0.717) is 22.9 Å². The first-order chi connectivity index (χ1) is 14.5. The van der Waals surface area contributed by atoms with Crippen molar-refractivity contribution in [3.63, 3.8) is 0 Å². The molecule has 7 nitrogen and oxygen atoms in total. The molecule has 2 aromatic carbocycles. The maximum absolute atomic E-state index is 6.24. The van der Waals surface area contributed by atoms with Gasteiger partial charge in [0, 0.05) is 28.3 Å². The van der Waals surface area contributed by atoms with Crippen molar-refractivity contribution < 1.29 is 0 Å². The van der Waals surface area contributed by atoms with Gasteiger partial charge >= 0.3 is 0 Å². The number of anilines is 4. The Balaban J connectivity index is 1.85. The summed E-state index contributed by atoms with van der Waals surface area (Å²) in [6.07, 6.45) is 1.71. The summed E-state index contributed by atoms with van der Waals surface area (Å²) in [6, 6.07) is 13.5. The van der Waals surface area contributed by atoms with E-state index in [0.717, 1.165) is 34.4 Å². The van der Waals surface area contributed by atoms with Gasteiger partial charge in [-0.25, -0.2) is 5.43 Å². The first-order valence-electron chi connectivity index (χ1n) is 9.57. The Morgan fingerprint density at radius 1 is 1.03 bits per heavy atom. The van der Waals surface area contributed by atoms with Gasteiger partial charge in [0.2, 0.25) is 17.8 Å². The fourth-order valence-corrected chi connectivity index (χ4v) is 3.08. The molecule has 0 atom stereocenters. The van der Waals surface area contributed by atoms with Crippen LogP contribution in [0.2, 0.25) is 5.02 Å². The summed E-state index contributed by atoms with van der Waals surface area (Å²) < 4.78 is 1.01. The number of nitrogens with one attached hydrogen (secondary N) is 2. The Morgan fingerprint density at radius 3 is 2.40 bits per heavy atom. The molecule has 0 amide bonds. The zero-order valence-electron chi connectivity index (χ0n) is 17.0. The van der Waals surface area contributed by atoms with Crippen molar-refractivity contribution in [1.82, 2.24) is 15.0 Å². The Kier molecular flexibility index (Phi) is 7.59. The van der Waals surface area contributed by atoms with Crippen molar-refractivity contribution >= 4 is 57.3 Å². The highest BCUT2D eigenvalue weighted by molar-refractivity contribution is 9.10. The van der Waals surface area contributed by atoms with Crippen LogP contribution in [0.4, 0.5) is 23.5 Å². The monoisotopic (exact) mass is 487 g/mol. The number of benzene rings is 2. The van der Waals surface area contributed by atoms with E-state index in [-0.39, 0.29) is 0 Å². The molecule has 0 saturated heterocycles. The van der Waals surface area contributed by atoms with Gasteiger partial charge in [-0.05, 0) is 56.2 Å². The van der Waals surface area contributed by atoms with Crippen LogP contribution in [0.3, 0.4) is 0 Å². The quantitative estimate of drug-likeness (QED) is 0.316. The second-order valence-electron chi connectivity index (χ2n) is 6.47. The van der Waals surface area contributed by atoms with Gasteiger partial charge < -0.3 is 10.2 Å². The number of rotatable bonds is 8. The number of hydrogen-bond acceptors (Lipinski definition) is 7. The first-order valence-corrected chi connectivity index (χ1v) is 10.7. The molecule has 0 aliphatic carbocycles. The van der Waals surface area contributed by atoms with Gasteiger partial charge in [0.1, 0.15) is 0 Å². The first kappa shape index (κ1) is 22.0. The molecule has 156 valence electrons. The molecular weight excluding hydrogens is 466 g/mol. The lowest BCUT2D eigenvalue weighted by Gasteiger charge is -2.19. The summed E-state index contributed by atoms with van der Waals surface area (Å²) in [4.78, 5) is 15.5. The Bertz CT molecular complexity index is 1020. The molecule has 2 N–H and O–H groups in total. The molecule has 0 radical (unpaired) electrons. The van der Waals surface area contributed by atoms with E-state index in [4.69, 9.17) is 11.6 Å². The van der Waals surface area contributed by atoms with Crippen LogP contribution >= 0.6 is 27.5 Å². The van der Waals surface area contributed by atoms with Gasteiger partial charge in [0.15, 0.2) is 0 Å². The summed E-state index contributed by atoms with van der Waals surface area (Å²) in [7, 11) is 0. The molecule has 0 fully saturated rings. The molecule has 0 aliphatic rings. The number of aromatic nitrogens is 3. The third-order valence-corrected chi connectivity index (χ3v) is 5.28. The predicted molar refractivity (Wildman–Crippen MR) is 128 cm³/mol. The van der Waals surface area contributed by atoms with E-state index in [9.17, 15) is 0 Å². The Morgan fingerprint density at radius 2 is 1.73 bits per heavy atom. The molecule has 3 aromatic rings. The van der Waals surface area contributed by atoms with Crippen LogP contribution < -0.4 is 15.6 Å². The van der Waals surface area contributed by atoms with Gasteiger partial charge in [-0.15, -0.1) is 0 Å². The lowest BCUT2D eigenvalue weighted by molar-refractivity contribution is 0.814. The molecule has 0 aliphatic heterocycles. The summed E-state index contributed by atoms with van der Waals surface area (Å²) in [5, 5.41) is 8.13. The number of halogens is 2. The fraction of sp³-hybridized carbons (Fsp3) is 0.238. The standard InChI is InChI=1S/C21H23BrClN7/c1-4-30(5-2)21-27-19(25-17-11-6-14(3)18(23)12-17)26-20(28-21)29-24-13-15-7-9-16(22)10-8-15/h6-13H,4-5H2,1-3H3,(H2,25,26,27,28,29). The van der Waals surface area contributed by atoms with Gasteiger partial charge in [0.25, 0.3) is 0 Å². The topological polar surface area (TPSA) is 78.3 Å².